The van der Waals surface area contributed by atoms with Crippen LogP contribution in [0.25, 0.3) is 0 Å². The molecule has 0 aliphatic carbocycles. The molecule has 0 aromatic carbocycles. The van der Waals surface area contributed by atoms with Crippen molar-refractivity contribution in [2.24, 2.45) is 5.92 Å². The molecule has 1 aromatic heterocycles. The van der Waals surface area contributed by atoms with Crippen molar-refractivity contribution < 1.29 is 8.42 Å². The molecule has 0 saturated carbocycles. The van der Waals surface area contributed by atoms with E-state index in [0.29, 0.717) is 25.0 Å². The van der Waals surface area contributed by atoms with Crippen molar-refractivity contribution in [3.63, 3.8) is 0 Å². The van der Waals surface area contributed by atoms with Gasteiger partial charge >= 0.3 is 0 Å². The fourth-order valence-electron chi connectivity index (χ4n) is 3.04. The van der Waals surface area contributed by atoms with Crippen LogP contribution >= 0.6 is 0 Å². The lowest BCUT2D eigenvalue weighted by molar-refractivity contribution is 0.218. The molecule has 0 amide bonds. The molecule has 1 aromatic rings. The third-order valence-electron chi connectivity index (χ3n) is 4.53. The molecule has 2 rings (SSSR count). The second-order valence-corrected chi connectivity index (χ2v) is 9.31. The van der Waals surface area contributed by atoms with E-state index in [4.69, 9.17) is 0 Å². The summed E-state index contributed by atoms with van der Waals surface area (Å²) in [6, 6.07) is 0.350. The van der Waals surface area contributed by atoms with Gasteiger partial charge in [0.1, 0.15) is 0 Å². The highest BCUT2D eigenvalue weighted by Gasteiger charge is 2.33. The summed E-state index contributed by atoms with van der Waals surface area (Å²) in [6.07, 6.45) is 5.93. The van der Waals surface area contributed by atoms with Gasteiger partial charge in [-0.2, -0.15) is 5.10 Å². The average Bonchev–Trinajstić information content (AvgIpc) is 2.93. The molecule has 0 radical (unpaired) electrons. The molecule has 2 atom stereocenters. The number of nitrogens with zero attached hydrogens (tertiary/aromatic N) is 3. The molecule has 1 N–H and O–H groups in total. The van der Waals surface area contributed by atoms with E-state index in [-0.39, 0.29) is 5.25 Å². The zero-order valence-corrected chi connectivity index (χ0v) is 15.5. The molecular weight excluding hydrogens is 312 g/mol. The van der Waals surface area contributed by atoms with Crippen molar-refractivity contribution in [1.29, 1.82) is 0 Å². The van der Waals surface area contributed by atoms with E-state index >= 15 is 0 Å². The summed E-state index contributed by atoms with van der Waals surface area (Å²) in [5.41, 5.74) is 1.18. The Morgan fingerprint density at radius 3 is 2.78 bits per heavy atom. The smallest absolute Gasteiger partial charge is 0.216 e. The van der Waals surface area contributed by atoms with Gasteiger partial charge in [-0.3, -0.25) is 4.68 Å². The van der Waals surface area contributed by atoms with Gasteiger partial charge in [-0.1, -0.05) is 13.8 Å². The Morgan fingerprint density at radius 2 is 2.17 bits per heavy atom. The molecule has 23 heavy (non-hydrogen) atoms. The van der Waals surface area contributed by atoms with E-state index in [1.165, 1.54) is 5.56 Å². The van der Waals surface area contributed by atoms with Gasteiger partial charge < -0.3 is 5.32 Å². The van der Waals surface area contributed by atoms with Crippen LogP contribution in [0, 0.1) is 5.92 Å². The third-order valence-corrected chi connectivity index (χ3v) is 6.77. The van der Waals surface area contributed by atoms with Gasteiger partial charge in [-0.05, 0) is 32.6 Å². The molecule has 1 fully saturated rings. The van der Waals surface area contributed by atoms with Crippen LogP contribution in [0.1, 0.15) is 46.1 Å². The van der Waals surface area contributed by atoms with Gasteiger partial charge in [-0.25, -0.2) is 12.7 Å². The van der Waals surface area contributed by atoms with Gasteiger partial charge in [-0.15, -0.1) is 0 Å². The summed E-state index contributed by atoms with van der Waals surface area (Å²) >= 11 is 0. The monoisotopic (exact) mass is 342 g/mol. The minimum absolute atomic E-state index is 0.308. The third kappa shape index (κ3) is 4.55. The number of nitrogens with one attached hydrogen (secondary N) is 1. The lowest BCUT2D eigenvalue weighted by Crippen LogP contribution is -2.51. The van der Waals surface area contributed by atoms with Crippen molar-refractivity contribution in [2.75, 3.05) is 13.1 Å². The van der Waals surface area contributed by atoms with Gasteiger partial charge in [0.05, 0.1) is 11.4 Å². The molecule has 0 bridgehead atoms. The zero-order valence-electron chi connectivity index (χ0n) is 14.7. The minimum atomic E-state index is -3.13. The molecule has 2 heterocycles. The van der Waals surface area contributed by atoms with Gasteiger partial charge in [0.25, 0.3) is 0 Å². The van der Waals surface area contributed by atoms with Crippen molar-refractivity contribution >= 4 is 10.0 Å². The summed E-state index contributed by atoms with van der Waals surface area (Å²) in [5, 5.41) is 7.57. The minimum Gasteiger partial charge on any atom is -0.309 e. The van der Waals surface area contributed by atoms with Gasteiger partial charge in [0, 0.05) is 44.0 Å². The van der Waals surface area contributed by atoms with E-state index in [0.717, 1.165) is 25.9 Å². The molecule has 7 heteroatoms. The van der Waals surface area contributed by atoms with E-state index in [9.17, 15) is 8.42 Å². The predicted octanol–water partition coefficient (Wildman–Crippen LogP) is 1.83. The molecule has 132 valence electrons. The highest BCUT2D eigenvalue weighted by atomic mass is 32.2. The molecule has 0 spiro atoms. The van der Waals surface area contributed by atoms with Crippen LogP contribution in [0.3, 0.4) is 0 Å². The van der Waals surface area contributed by atoms with Crippen molar-refractivity contribution in [2.45, 2.75) is 64.9 Å². The second kappa shape index (κ2) is 7.77. The zero-order chi connectivity index (χ0) is 17.0. The molecule has 1 aliphatic heterocycles. The van der Waals surface area contributed by atoms with Crippen LogP contribution in [0.15, 0.2) is 12.4 Å². The van der Waals surface area contributed by atoms with Crippen LogP contribution < -0.4 is 5.32 Å². The molecule has 6 nitrogen and oxygen atoms in total. The first kappa shape index (κ1) is 18.4. The van der Waals surface area contributed by atoms with Crippen molar-refractivity contribution in [3.8, 4) is 0 Å². The Hall–Kier alpha value is -0.920. The summed E-state index contributed by atoms with van der Waals surface area (Å²) in [5.74, 6) is 0.308. The fraction of sp³-hybridized carbons (Fsp3) is 0.812. The SMILES string of the molecule is CCCn1cc(CN[C@H]2CCN(S(=O)(=O)C(C)C)C[C@H]2C)cn1. The number of aryl methyl sites for hydroxylation is 1. The summed E-state index contributed by atoms with van der Waals surface area (Å²) in [7, 11) is -3.13. The predicted molar refractivity (Wildman–Crippen MR) is 92.6 cm³/mol. The van der Waals surface area contributed by atoms with Crippen LogP contribution in [0.4, 0.5) is 0 Å². The first-order chi connectivity index (χ1) is 10.8. The number of piperidine rings is 1. The number of rotatable bonds is 7. The maximum atomic E-state index is 12.3. The van der Waals surface area contributed by atoms with Gasteiger partial charge in [0.2, 0.25) is 10.0 Å². The Labute approximate surface area is 140 Å². The summed E-state index contributed by atoms with van der Waals surface area (Å²) in [4.78, 5) is 0. The highest BCUT2D eigenvalue weighted by Crippen LogP contribution is 2.22. The number of sulfonamides is 1. The topological polar surface area (TPSA) is 67.2 Å². The largest absolute Gasteiger partial charge is 0.309 e. The Kier molecular flexibility index (Phi) is 6.22. The van der Waals surface area contributed by atoms with Crippen LogP contribution in [0.2, 0.25) is 0 Å². The van der Waals surface area contributed by atoms with E-state index in [2.05, 4.69) is 30.5 Å². The first-order valence-electron chi connectivity index (χ1n) is 8.58. The van der Waals surface area contributed by atoms with Crippen LogP contribution in [0.5, 0.6) is 0 Å². The number of aromatic nitrogens is 2. The molecular formula is C16H30N4O2S. The lowest BCUT2D eigenvalue weighted by Gasteiger charge is -2.37. The van der Waals surface area contributed by atoms with E-state index in [1.807, 2.05) is 10.9 Å². The highest BCUT2D eigenvalue weighted by molar-refractivity contribution is 7.89. The average molecular weight is 343 g/mol. The van der Waals surface area contributed by atoms with Crippen LogP contribution in [-0.4, -0.2) is 46.9 Å². The van der Waals surface area contributed by atoms with Gasteiger partial charge in [0.15, 0.2) is 0 Å². The maximum absolute atomic E-state index is 12.3. The standard InChI is InChI=1S/C16H30N4O2S/c1-5-7-19-12-15(10-18-19)9-17-16-6-8-20(11-14(16)4)23(21,22)13(2)3/h10,12-14,16-17H,5-9,11H2,1-4H3/t14-,16+/m1/s1. The molecule has 0 unspecified atom stereocenters. The van der Waals surface area contributed by atoms with Crippen LogP contribution in [-0.2, 0) is 23.1 Å². The van der Waals surface area contributed by atoms with Crippen molar-refractivity contribution in [3.05, 3.63) is 18.0 Å². The summed E-state index contributed by atoms with van der Waals surface area (Å²) in [6.45, 7) is 10.7. The van der Waals surface area contributed by atoms with E-state index in [1.54, 1.807) is 18.2 Å². The Bertz CT molecular complexity index is 597. The Morgan fingerprint density at radius 1 is 1.43 bits per heavy atom. The normalized spacial score (nSPS) is 23.5. The number of hydrogen-bond acceptors (Lipinski definition) is 4. The quantitative estimate of drug-likeness (QED) is 0.821. The number of hydrogen-bond donors (Lipinski definition) is 1. The molecule has 1 saturated heterocycles. The lowest BCUT2D eigenvalue weighted by atomic mass is 9.95. The molecule has 1 aliphatic rings. The first-order valence-corrected chi connectivity index (χ1v) is 10.1. The van der Waals surface area contributed by atoms with Crippen molar-refractivity contribution in [1.82, 2.24) is 19.4 Å². The second-order valence-electron chi connectivity index (χ2n) is 6.82. The van der Waals surface area contributed by atoms with E-state index < -0.39 is 10.0 Å². The summed E-state index contributed by atoms with van der Waals surface area (Å²) < 4.78 is 28.2. The fourth-order valence-corrected chi connectivity index (χ4v) is 4.44. The Balaban J connectivity index is 1.86. The maximum Gasteiger partial charge on any atom is 0.216 e.